The van der Waals surface area contributed by atoms with E-state index in [0.29, 0.717) is 13.1 Å². The van der Waals surface area contributed by atoms with Gasteiger partial charge in [0.2, 0.25) is 11.8 Å². The smallest absolute Gasteiger partial charge is 0.245 e. The minimum absolute atomic E-state index is 0.0197. The van der Waals surface area contributed by atoms with E-state index in [4.69, 9.17) is 0 Å². The van der Waals surface area contributed by atoms with Crippen LogP contribution in [0.25, 0.3) is 0 Å². The number of thioether (sulfide) groups is 1. The van der Waals surface area contributed by atoms with Crippen LogP contribution in [0.5, 0.6) is 0 Å². The van der Waals surface area contributed by atoms with Crippen LogP contribution in [0.4, 0.5) is 0 Å². The van der Waals surface area contributed by atoms with Gasteiger partial charge < -0.3 is 10.2 Å². The summed E-state index contributed by atoms with van der Waals surface area (Å²) in [6.07, 6.45) is 0.759. The average Bonchev–Trinajstić information content (AvgIpc) is 3.06. The highest BCUT2D eigenvalue weighted by atomic mass is 32.2. The molecule has 7 heteroatoms. The summed E-state index contributed by atoms with van der Waals surface area (Å²) in [4.78, 5) is 27.5. The number of hydrogen-bond acceptors (Lipinski definition) is 4. The summed E-state index contributed by atoms with van der Waals surface area (Å²) in [5, 5.41) is 10.4. The highest BCUT2D eigenvalue weighted by Gasteiger charge is 2.31. The standard InChI is InChI=1S/C20H26N4O2S/c1-13(2)19(21-14(3)25)20(26)24-10-9-17-16(11-24)18(23-22-17)12-27-15-7-5-4-6-8-15/h4-8,13,19H,9-12H2,1-3H3,(H,21,25)(H,22,23)/t19-/m1/s1. The van der Waals surface area contributed by atoms with E-state index in [1.165, 1.54) is 11.8 Å². The number of aromatic nitrogens is 2. The molecule has 27 heavy (non-hydrogen) atoms. The first kappa shape index (κ1) is 19.5. The minimum Gasteiger partial charge on any atom is -0.344 e. The predicted octanol–water partition coefficient (Wildman–Crippen LogP) is 2.75. The summed E-state index contributed by atoms with van der Waals surface area (Å²) in [7, 11) is 0. The Morgan fingerprint density at radius 2 is 2.04 bits per heavy atom. The van der Waals surface area contributed by atoms with Crippen molar-refractivity contribution >= 4 is 23.6 Å². The van der Waals surface area contributed by atoms with Crippen LogP contribution in [0.1, 0.15) is 37.7 Å². The summed E-state index contributed by atoms with van der Waals surface area (Å²) >= 11 is 1.74. The Morgan fingerprint density at radius 3 is 2.70 bits per heavy atom. The van der Waals surface area contributed by atoms with Crippen LogP contribution in [0.3, 0.4) is 0 Å². The van der Waals surface area contributed by atoms with Gasteiger partial charge in [0.05, 0.1) is 5.69 Å². The van der Waals surface area contributed by atoms with Gasteiger partial charge in [-0.3, -0.25) is 14.7 Å². The number of carbonyl (C=O) groups is 2. The monoisotopic (exact) mass is 386 g/mol. The number of rotatable bonds is 6. The molecule has 0 saturated heterocycles. The van der Waals surface area contributed by atoms with Gasteiger partial charge in [-0.05, 0) is 18.1 Å². The topological polar surface area (TPSA) is 78.1 Å². The first-order chi connectivity index (χ1) is 13.0. The van der Waals surface area contributed by atoms with Gasteiger partial charge in [0.1, 0.15) is 6.04 Å². The van der Waals surface area contributed by atoms with Gasteiger partial charge in [-0.25, -0.2) is 0 Å². The van der Waals surface area contributed by atoms with Crippen molar-refractivity contribution in [2.45, 2.75) is 50.4 Å². The lowest BCUT2D eigenvalue weighted by molar-refractivity contribution is -0.138. The van der Waals surface area contributed by atoms with Gasteiger partial charge >= 0.3 is 0 Å². The molecule has 1 aromatic heterocycles. The summed E-state index contributed by atoms with van der Waals surface area (Å²) in [6, 6.07) is 9.73. The molecule has 1 atom stereocenters. The first-order valence-electron chi connectivity index (χ1n) is 9.24. The number of hydrogen-bond donors (Lipinski definition) is 2. The highest BCUT2D eigenvalue weighted by molar-refractivity contribution is 7.98. The number of nitrogens with one attached hydrogen (secondary N) is 2. The van der Waals surface area contributed by atoms with Gasteiger partial charge in [-0.1, -0.05) is 32.0 Å². The largest absolute Gasteiger partial charge is 0.344 e. The number of carbonyl (C=O) groups excluding carboxylic acids is 2. The van der Waals surface area contributed by atoms with Crippen LogP contribution in [0.2, 0.25) is 0 Å². The van der Waals surface area contributed by atoms with Gasteiger partial charge in [-0.15, -0.1) is 11.8 Å². The molecule has 0 aliphatic carbocycles. The molecular formula is C20H26N4O2S. The molecule has 1 aliphatic rings. The van der Waals surface area contributed by atoms with Crippen molar-refractivity contribution < 1.29 is 9.59 Å². The third kappa shape index (κ3) is 4.71. The molecule has 2 heterocycles. The average molecular weight is 387 g/mol. The fourth-order valence-electron chi connectivity index (χ4n) is 3.26. The molecule has 0 fully saturated rings. The van der Waals surface area contributed by atoms with E-state index in [0.717, 1.165) is 29.1 Å². The molecule has 144 valence electrons. The Hall–Kier alpha value is -2.28. The fraction of sp³-hybridized carbons (Fsp3) is 0.450. The lowest BCUT2D eigenvalue weighted by atomic mass is 10.00. The van der Waals surface area contributed by atoms with Crippen molar-refractivity contribution in [1.82, 2.24) is 20.4 Å². The molecule has 2 amide bonds. The summed E-state index contributed by atoms with van der Waals surface area (Å²) in [5.41, 5.74) is 3.23. The maximum atomic E-state index is 13.0. The van der Waals surface area contributed by atoms with Crippen LogP contribution in [0, 0.1) is 5.92 Å². The number of benzene rings is 1. The van der Waals surface area contributed by atoms with Gasteiger partial charge in [0.15, 0.2) is 0 Å². The quantitative estimate of drug-likeness (QED) is 0.749. The van der Waals surface area contributed by atoms with E-state index in [1.54, 1.807) is 11.8 Å². The zero-order chi connectivity index (χ0) is 19.4. The lowest BCUT2D eigenvalue weighted by Crippen LogP contribution is -2.51. The van der Waals surface area contributed by atoms with E-state index >= 15 is 0 Å². The third-order valence-corrected chi connectivity index (χ3v) is 5.76. The van der Waals surface area contributed by atoms with Crippen molar-refractivity contribution in [1.29, 1.82) is 0 Å². The molecule has 1 aromatic carbocycles. The SMILES string of the molecule is CC(=O)N[C@@H](C(=O)N1CCc2[nH]nc(CSc3ccccc3)c2C1)C(C)C. The highest BCUT2D eigenvalue weighted by Crippen LogP contribution is 2.27. The molecule has 6 nitrogen and oxygen atoms in total. The zero-order valence-electron chi connectivity index (χ0n) is 16.0. The zero-order valence-corrected chi connectivity index (χ0v) is 16.8. The summed E-state index contributed by atoms with van der Waals surface area (Å²) in [6.45, 7) is 6.54. The normalized spacial score (nSPS) is 14.7. The summed E-state index contributed by atoms with van der Waals surface area (Å²) in [5.74, 6) is 0.606. The Balaban J connectivity index is 1.70. The van der Waals surface area contributed by atoms with Crippen LogP contribution >= 0.6 is 11.8 Å². The van der Waals surface area contributed by atoms with E-state index in [9.17, 15) is 9.59 Å². The number of amides is 2. The Kier molecular flexibility index (Phi) is 6.21. The Morgan fingerprint density at radius 1 is 1.30 bits per heavy atom. The van der Waals surface area contributed by atoms with Gasteiger partial charge in [0, 0.05) is 48.3 Å². The summed E-state index contributed by atoms with van der Waals surface area (Å²) < 4.78 is 0. The van der Waals surface area contributed by atoms with E-state index in [-0.39, 0.29) is 17.7 Å². The number of nitrogens with zero attached hydrogens (tertiary/aromatic N) is 2. The third-order valence-electron chi connectivity index (χ3n) is 4.74. The predicted molar refractivity (Wildman–Crippen MR) is 106 cm³/mol. The van der Waals surface area contributed by atoms with Crippen LogP contribution in [0.15, 0.2) is 35.2 Å². The molecule has 2 aromatic rings. The van der Waals surface area contributed by atoms with Crippen molar-refractivity contribution in [3.05, 3.63) is 47.3 Å². The molecule has 0 radical (unpaired) electrons. The molecule has 2 N–H and O–H groups in total. The van der Waals surface area contributed by atoms with Crippen molar-refractivity contribution in [2.75, 3.05) is 6.54 Å². The number of aromatic amines is 1. The van der Waals surface area contributed by atoms with Crippen LogP contribution in [-0.4, -0.2) is 39.5 Å². The van der Waals surface area contributed by atoms with Crippen molar-refractivity contribution in [3.63, 3.8) is 0 Å². The van der Waals surface area contributed by atoms with E-state index in [1.807, 2.05) is 36.9 Å². The maximum Gasteiger partial charge on any atom is 0.245 e. The molecule has 0 unspecified atom stereocenters. The molecular weight excluding hydrogens is 360 g/mol. The second-order valence-corrected chi connectivity index (χ2v) is 8.21. The minimum atomic E-state index is -0.488. The second kappa shape index (κ2) is 8.61. The van der Waals surface area contributed by atoms with Crippen molar-refractivity contribution in [3.8, 4) is 0 Å². The Bertz CT molecular complexity index is 804. The maximum absolute atomic E-state index is 13.0. The van der Waals surface area contributed by atoms with Gasteiger partial charge in [0.25, 0.3) is 0 Å². The molecule has 0 spiro atoms. The molecule has 0 bridgehead atoms. The number of fused-ring (bicyclic) bond motifs is 1. The molecule has 3 rings (SSSR count). The number of H-pyrrole nitrogens is 1. The van der Waals surface area contributed by atoms with Crippen LogP contribution < -0.4 is 5.32 Å². The first-order valence-corrected chi connectivity index (χ1v) is 10.2. The van der Waals surface area contributed by atoms with E-state index < -0.39 is 6.04 Å². The van der Waals surface area contributed by atoms with E-state index in [2.05, 4.69) is 27.6 Å². The lowest BCUT2D eigenvalue weighted by Gasteiger charge is -2.32. The van der Waals surface area contributed by atoms with Crippen LogP contribution in [-0.2, 0) is 28.3 Å². The van der Waals surface area contributed by atoms with Gasteiger partial charge in [-0.2, -0.15) is 5.10 Å². The second-order valence-electron chi connectivity index (χ2n) is 7.16. The molecule has 1 aliphatic heterocycles. The molecule has 0 saturated carbocycles. The fourth-order valence-corrected chi connectivity index (χ4v) is 4.15. The Labute approximate surface area is 164 Å². The van der Waals surface area contributed by atoms with Crippen molar-refractivity contribution in [2.24, 2.45) is 5.92 Å².